The molecule has 3 heterocycles. The Morgan fingerprint density at radius 1 is 0.875 bits per heavy atom. The smallest absolute Gasteiger partial charge is 0.263 e. The molecule has 3 N–H and O–H groups in total. The van der Waals surface area contributed by atoms with Gasteiger partial charge in [-0.25, -0.2) is 15.0 Å². The van der Waals surface area contributed by atoms with Crippen molar-refractivity contribution in [2.45, 2.75) is 6.92 Å². The second kappa shape index (κ2) is 9.09. The topological polar surface area (TPSA) is 114 Å². The fraction of sp³-hybridized carbons (Fsp3) is 0.0870. The number of nitrogens with zero attached hydrogens (tertiary/aromatic N) is 4. The van der Waals surface area contributed by atoms with Crippen LogP contribution >= 0.6 is 0 Å². The van der Waals surface area contributed by atoms with Gasteiger partial charge in [0.1, 0.15) is 29.3 Å². The highest BCUT2D eigenvalue weighted by molar-refractivity contribution is 6.04. The number of anilines is 5. The van der Waals surface area contributed by atoms with Gasteiger partial charge in [-0.1, -0.05) is 0 Å². The minimum atomic E-state index is -0.455. The Balaban J connectivity index is 1.42. The lowest BCUT2D eigenvalue weighted by molar-refractivity contribution is 0.102. The first-order valence-electron chi connectivity index (χ1n) is 9.84. The molecule has 9 nitrogen and oxygen atoms in total. The number of hydrogen-bond acceptors (Lipinski definition) is 7. The number of benzene rings is 1. The van der Waals surface area contributed by atoms with Crippen LogP contribution < -0.4 is 21.5 Å². The molecule has 0 aliphatic rings. The molecule has 0 spiro atoms. The molecule has 0 atom stereocenters. The molecule has 0 saturated heterocycles. The van der Waals surface area contributed by atoms with Gasteiger partial charge in [-0.15, -0.1) is 0 Å². The fourth-order valence-corrected chi connectivity index (χ4v) is 2.98. The van der Waals surface area contributed by atoms with Crippen molar-refractivity contribution in [1.29, 1.82) is 0 Å². The Morgan fingerprint density at radius 2 is 1.56 bits per heavy atom. The van der Waals surface area contributed by atoms with Crippen molar-refractivity contribution in [2.75, 3.05) is 16.0 Å². The minimum Gasteiger partial charge on any atom is -0.340 e. The average Bonchev–Trinajstić information content (AvgIpc) is 2.77. The van der Waals surface area contributed by atoms with Crippen molar-refractivity contribution in [3.8, 4) is 0 Å². The van der Waals surface area contributed by atoms with Gasteiger partial charge in [-0.05, 0) is 61.0 Å². The number of nitrogens with one attached hydrogen (secondary N) is 3. The summed E-state index contributed by atoms with van der Waals surface area (Å²) in [5.74, 6) is 1.44. The van der Waals surface area contributed by atoms with E-state index in [4.69, 9.17) is 0 Å². The molecule has 0 unspecified atom stereocenters. The molecular formula is C23H21N7O2. The summed E-state index contributed by atoms with van der Waals surface area (Å²) in [6.45, 7) is 1.99. The molecule has 0 radical (unpaired) electrons. The summed E-state index contributed by atoms with van der Waals surface area (Å²) in [4.78, 5) is 37.2. The van der Waals surface area contributed by atoms with E-state index in [0.29, 0.717) is 23.1 Å². The van der Waals surface area contributed by atoms with E-state index in [9.17, 15) is 9.59 Å². The first-order valence-corrected chi connectivity index (χ1v) is 9.84. The molecule has 1 aromatic carbocycles. The normalized spacial score (nSPS) is 10.4. The maximum absolute atomic E-state index is 12.4. The maximum atomic E-state index is 12.4. The summed E-state index contributed by atoms with van der Waals surface area (Å²) in [6, 6.07) is 15.9. The number of aryl methyl sites for hydroxylation is 2. The quantitative estimate of drug-likeness (QED) is 0.431. The largest absolute Gasteiger partial charge is 0.340 e. The molecule has 4 rings (SSSR count). The Hall–Kier alpha value is -4.53. The van der Waals surface area contributed by atoms with Gasteiger partial charge < -0.3 is 20.5 Å². The zero-order valence-electron chi connectivity index (χ0n) is 17.5. The number of pyridine rings is 2. The third-order valence-corrected chi connectivity index (χ3v) is 4.62. The van der Waals surface area contributed by atoms with Gasteiger partial charge in [0.2, 0.25) is 0 Å². The van der Waals surface area contributed by atoms with E-state index in [1.165, 1.54) is 17.0 Å². The zero-order chi connectivity index (χ0) is 22.5. The van der Waals surface area contributed by atoms with Crippen molar-refractivity contribution < 1.29 is 4.79 Å². The fourth-order valence-electron chi connectivity index (χ4n) is 2.98. The monoisotopic (exact) mass is 427 g/mol. The summed E-state index contributed by atoms with van der Waals surface area (Å²) >= 11 is 0. The first kappa shape index (κ1) is 20.7. The highest BCUT2D eigenvalue weighted by Crippen LogP contribution is 2.20. The molecular weight excluding hydrogens is 406 g/mol. The van der Waals surface area contributed by atoms with Crippen LogP contribution in [0.15, 0.2) is 78.1 Å². The molecule has 0 aliphatic heterocycles. The van der Waals surface area contributed by atoms with E-state index in [-0.39, 0.29) is 11.1 Å². The molecule has 3 aromatic heterocycles. The van der Waals surface area contributed by atoms with Gasteiger partial charge in [0, 0.05) is 36.9 Å². The predicted octanol–water partition coefficient (Wildman–Crippen LogP) is 3.62. The summed E-state index contributed by atoms with van der Waals surface area (Å²) in [5, 5.41) is 9.08. The average molecular weight is 427 g/mol. The summed E-state index contributed by atoms with van der Waals surface area (Å²) in [7, 11) is 1.60. The van der Waals surface area contributed by atoms with E-state index >= 15 is 0 Å². The van der Waals surface area contributed by atoms with E-state index in [1.807, 2.05) is 19.1 Å². The highest BCUT2D eigenvalue weighted by atomic mass is 16.2. The Kier molecular flexibility index (Phi) is 5.89. The van der Waals surface area contributed by atoms with Crippen LogP contribution in [0.25, 0.3) is 0 Å². The van der Waals surface area contributed by atoms with Crippen LogP contribution in [0.4, 0.5) is 28.8 Å². The van der Waals surface area contributed by atoms with E-state index < -0.39 is 5.91 Å². The Morgan fingerprint density at radius 3 is 2.31 bits per heavy atom. The summed E-state index contributed by atoms with van der Waals surface area (Å²) in [5.41, 5.74) is 2.17. The number of carbonyl (C=O) groups excluding carboxylic acids is 1. The van der Waals surface area contributed by atoms with Crippen molar-refractivity contribution in [3.05, 3.63) is 94.8 Å². The molecule has 4 aromatic rings. The second-order valence-electron chi connectivity index (χ2n) is 7.13. The molecule has 0 bridgehead atoms. The van der Waals surface area contributed by atoms with Crippen LogP contribution in [0, 0.1) is 6.92 Å². The molecule has 160 valence electrons. The second-order valence-corrected chi connectivity index (χ2v) is 7.13. The minimum absolute atomic E-state index is 0.0846. The molecule has 0 fully saturated rings. The van der Waals surface area contributed by atoms with Gasteiger partial charge >= 0.3 is 0 Å². The van der Waals surface area contributed by atoms with Gasteiger partial charge in [0.25, 0.3) is 11.5 Å². The SMILES string of the molecule is Cc1ccnc(Nc2cc(Nc3ccc(NC(=O)c4cccn(C)c4=O)cc3)ncn2)c1. The van der Waals surface area contributed by atoms with Crippen LogP contribution in [0.2, 0.25) is 0 Å². The van der Waals surface area contributed by atoms with Gasteiger partial charge in [0.15, 0.2) is 0 Å². The van der Waals surface area contributed by atoms with Crippen LogP contribution in [0.5, 0.6) is 0 Å². The Bertz CT molecular complexity index is 1320. The maximum Gasteiger partial charge on any atom is 0.263 e. The third kappa shape index (κ3) is 4.96. The summed E-state index contributed by atoms with van der Waals surface area (Å²) < 4.78 is 1.36. The number of carbonyl (C=O) groups is 1. The lowest BCUT2D eigenvalue weighted by Crippen LogP contribution is -2.26. The zero-order valence-corrected chi connectivity index (χ0v) is 17.5. The highest BCUT2D eigenvalue weighted by Gasteiger charge is 2.11. The van der Waals surface area contributed by atoms with Crippen molar-refractivity contribution in [2.24, 2.45) is 7.05 Å². The van der Waals surface area contributed by atoms with E-state index in [1.54, 1.807) is 55.8 Å². The van der Waals surface area contributed by atoms with Crippen molar-refractivity contribution >= 4 is 34.7 Å². The standard InChI is InChI=1S/C23H21N7O2/c1-15-9-10-24-19(12-15)29-21-13-20(25-14-26-21)27-16-5-7-17(8-6-16)28-22(31)18-4-3-11-30(2)23(18)32/h3-14H,1-2H3,(H,28,31)(H2,24,25,26,27,29). The van der Waals surface area contributed by atoms with E-state index in [2.05, 4.69) is 30.9 Å². The number of aromatic nitrogens is 4. The lowest BCUT2D eigenvalue weighted by Gasteiger charge is -2.10. The molecule has 0 aliphatic carbocycles. The van der Waals surface area contributed by atoms with Gasteiger partial charge in [-0.2, -0.15) is 0 Å². The molecule has 32 heavy (non-hydrogen) atoms. The van der Waals surface area contributed by atoms with Crippen molar-refractivity contribution in [3.63, 3.8) is 0 Å². The number of hydrogen-bond donors (Lipinski definition) is 3. The number of amides is 1. The molecule has 1 amide bonds. The first-order chi connectivity index (χ1) is 15.5. The van der Waals surface area contributed by atoms with E-state index in [0.717, 1.165) is 11.3 Å². The number of rotatable bonds is 6. The summed E-state index contributed by atoms with van der Waals surface area (Å²) in [6.07, 6.45) is 4.79. The molecule has 9 heteroatoms. The third-order valence-electron chi connectivity index (χ3n) is 4.62. The van der Waals surface area contributed by atoms with Crippen LogP contribution in [0.3, 0.4) is 0 Å². The van der Waals surface area contributed by atoms with Gasteiger partial charge in [-0.3, -0.25) is 9.59 Å². The van der Waals surface area contributed by atoms with Crippen molar-refractivity contribution in [1.82, 2.24) is 19.5 Å². The van der Waals surface area contributed by atoms with Crippen LogP contribution in [-0.2, 0) is 7.05 Å². The van der Waals surface area contributed by atoms with Crippen LogP contribution in [0.1, 0.15) is 15.9 Å². The molecule has 0 saturated carbocycles. The Labute approximate surface area is 184 Å². The van der Waals surface area contributed by atoms with Gasteiger partial charge in [0.05, 0.1) is 0 Å². The van der Waals surface area contributed by atoms with Crippen LogP contribution in [-0.4, -0.2) is 25.4 Å². The predicted molar refractivity (Wildman–Crippen MR) is 124 cm³/mol. The lowest BCUT2D eigenvalue weighted by atomic mass is 10.2.